The third-order valence-corrected chi connectivity index (χ3v) is 5.45. The van der Waals surface area contributed by atoms with Gasteiger partial charge in [-0.25, -0.2) is 9.97 Å². The molecule has 0 bridgehead atoms. The lowest BCUT2D eigenvalue weighted by Crippen LogP contribution is -2.09. The van der Waals surface area contributed by atoms with Crippen LogP contribution in [0.3, 0.4) is 0 Å². The highest BCUT2D eigenvalue weighted by Gasteiger charge is 2.24. The number of thiazole rings is 1. The molecule has 0 saturated carbocycles. The summed E-state index contributed by atoms with van der Waals surface area (Å²) in [5, 5.41) is 0.587. The maximum absolute atomic E-state index is 13.1. The minimum atomic E-state index is -0.117. The number of benzene rings is 2. The van der Waals surface area contributed by atoms with E-state index in [4.69, 9.17) is 5.73 Å². The molecule has 0 spiro atoms. The number of anilines is 4. The van der Waals surface area contributed by atoms with Crippen molar-refractivity contribution >= 4 is 39.6 Å². The van der Waals surface area contributed by atoms with Crippen molar-refractivity contribution in [1.82, 2.24) is 15.0 Å². The third kappa shape index (κ3) is 3.27. The fourth-order valence-electron chi connectivity index (χ4n) is 3.06. The molecular weight excluding hydrogens is 370 g/mol. The number of carbonyl (C=O) groups is 1. The number of H-pyrrole nitrogens is 1. The Morgan fingerprint density at radius 1 is 1.14 bits per heavy atom. The molecule has 0 fully saturated rings. The first-order valence-electron chi connectivity index (χ1n) is 8.77. The third-order valence-electron chi connectivity index (χ3n) is 4.39. The molecular formula is C21H19N5OS. The molecule has 2 aromatic carbocycles. The summed E-state index contributed by atoms with van der Waals surface area (Å²) in [6.07, 6.45) is 3.38. The number of nitrogens with zero attached hydrogens (tertiary/aromatic N) is 3. The van der Waals surface area contributed by atoms with Crippen LogP contribution in [0.5, 0.6) is 0 Å². The second-order valence-electron chi connectivity index (χ2n) is 6.46. The van der Waals surface area contributed by atoms with E-state index in [1.807, 2.05) is 67.3 Å². The molecule has 6 nitrogen and oxygen atoms in total. The van der Waals surface area contributed by atoms with Crippen LogP contribution in [0.2, 0.25) is 0 Å². The summed E-state index contributed by atoms with van der Waals surface area (Å²) >= 11 is 1.26. The van der Waals surface area contributed by atoms with Crippen LogP contribution in [-0.2, 0) is 0 Å². The Morgan fingerprint density at radius 3 is 2.61 bits per heavy atom. The minimum Gasteiger partial charge on any atom is -0.382 e. The molecule has 7 heteroatoms. The van der Waals surface area contributed by atoms with Crippen molar-refractivity contribution in [2.45, 2.75) is 13.8 Å². The van der Waals surface area contributed by atoms with Crippen molar-refractivity contribution in [3.63, 3.8) is 0 Å². The van der Waals surface area contributed by atoms with Crippen molar-refractivity contribution in [2.24, 2.45) is 0 Å². The lowest BCUT2D eigenvalue weighted by atomic mass is 10.0. The Labute approximate surface area is 166 Å². The second-order valence-corrected chi connectivity index (χ2v) is 7.43. The highest BCUT2D eigenvalue weighted by atomic mass is 32.1. The number of rotatable bonds is 5. The average Bonchev–Trinajstić information content (AvgIpc) is 3.33. The Bertz CT molecular complexity index is 1120. The second kappa shape index (κ2) is 7.28. The number of aromatic nitrogens is 3. The molecule has 0 radical (unpaired) electrons. The molecule has 2 heterocycles. The van der Waals surface area contributed by atoms with Crippen molar-refractivity contribution < 1.29 is 4.79 Å². The number of nitrogens with one attached hydrogen (secondary N) is 1. The van der Waals surface area contributed by atoms with Crippen LogP contribution in [0.1, 0.15) is 26.4 Å². The van der Waals surface area contributed by atoms with E-state index < -0.39 is 0 Å². The van der Waals surface area contributed by atoms with Gasteiger partial charge in [0.25, 0.3) is 0 Å². The summed E-state index contributed by atoms with van der Waals surface area (Å²) in [6, 6.07) is 15.5. The van der Waals surface area contributed by atoms with Crippen LogP contribution < -0.4 is 10.6 Å². The molecule has 0 saturated heterocycles. The molecule has 28 heavy (non-hydrogen) atoms. The number of imidazole rings is 1. The van der Waals surface area contributed by atoms with E-state index in [9.17, 15) is 4.79 Å². The molecule has 140 valence electrons. The number of nitrogen functional groups attached to an aromatic ring is 1. The molecule has 4 aromatic rings. The van der Waals surface area contributed by atoms with Crippen LogP contribution in [0, 0.1) is 13.8 Å². The Morgan fingerprint density at radius 2 is 1.93 bits per heavy atom. The van der Waals surface area contributed by atoms with Gasteiger partial charge in [-0.1, -0.05) is 53.3 Å². The molecule has 2 aromatic heterocycles. The smallest absolute Gasteiger partial charge is 0.207 e. The Balaban J connectivity index is 1.78. The first-order valence-corrected chi connectivity index (χ1v) is 9.58. The summed E-state index contributed by atoms with van der Waals surface area (Å²) < 4.78 is 0. The van der Waals surface area contributed by atoms with Gasteiger partial charge in [0, 0.05) is 17.4 Å². The summed E-state index contributed by atoms with van der Waals surface area (Å²) in [5.74, 6) is 0.778. The van der Waals surface area contributed by atoms with E-state index in [0.29, 0.717) is 21.4 Å². The van der Waals surface area contributed by atoms with E-state index in [-0.39, 0.29) is 11.6 Å². The normalized spacial score (nSPS) is 10.8. The number of aromatic amines is 1. The topological polar surface area (TPSA) is 87.9 Å². The first-order chi connectivity index (χ1) is 13.5. The van der Waals surface area contributed by atoms with Gasteiger partial charge < -0.3 is 10.7 Å². The molecule has 0 unspecified atom stereocenters. The van der Waals surface area contributed by atoms with Gasteiger partial charge in [0.15, 0.2) is 10.9 Å². The standard InChI is InChI=1S/C21H19N5OS/c1-13-8-9-16(14(2)10-13)18(27)19-20(22)25-21(28-19)26(17-11-23-12-24-17)15-6-4-3-5-7-15/h3-12H,22H2,1-2H3,(H,23,24). The summed E-state index contributed by atoms with van der Waals surface area (Å²) in [5.41, 5.74) is 9.71. The van der Waals surface area contributed by atoms with Gasteiger partial charge in [-0.3, -0.25) is 9.69 Å². The van der Waals surface area contributed by atoms with Gasteiger partial charge in [-0.2, -0.15) is 0 Å². The van der Waals surface area contributed by atoms with E-state index in [1.54, 1.807) is 12.5 Å². The largest absolute Gasteiger partial charge is 0.382 e. The van der Waals surface area contributed by atoms with Crippen LogP contribution in [-0.4, -0.2) is 20.7 Å². The highest BCUT2D eigenvalue weighted by molar-refractivity contribution is 7.18. The van der Waals surface area contributed by atoms with Crippen LogP contribution in [0.25, 0.3) is 0 Å². The van der Waals surface area contributed by atoms with Crippen molar-refractivity contribution in [3.05, 3.63) is 82.6 Å². The fourth-order valence-corrected chi connectivity index (χ4v) is 4.03. The molecule has 4 rings (SSSR count). The van der Waals surface area contributed by atoms with Crippen LogP contribution in [0.15, 0.2) is 61.1 Å². The van der Waals surface area contributed by atoms with Crippen molar-refractivity contribution in [3.8, 4) is 0 Å². The number of aryl methyl sites for hydroxylation is 2. The summed E-state index contributed by atoms with van der Waals surface area (Å²) in [7, 11) is 0. The van der Waals surface area contributed by atoms with Gasteiger partial charge in [0.1, 0.15) is 10.7 Å². The summed E-state index contributed by atoms with van der Waals surface area (Å²) in [6.45, 7) is 3.93. The average molecular weight is 389 g/mol. The van der Waals surface area contributed by atoms with Gasteiger partial charge in [0.05, 0.1) is 6.33 Å². The van der Waals surface area contributed by atoms with E-state index in [0.717, 1.165) is 16.8 Å². The lowest BCUT2D eigenvalue weighted by Gasteiger charge is -2.18. The van der Waals surface area contributed by atoms with Gasteiger partial charge in [0.2, 0.25) is 5.78 Å². The van der Waals surface area contributed by atoms with Gasteiger partial charge in [-0.15, -0.1) is 0 Å². The fraction of sp³-hybridized carbons (Fsp3) is 0.0952. The monoisotopic (exact) mass is 389 g/mol. The van der Waals surface area contributed by atoms with Gasteiger partial charge >= 0.3 is 0 Å². The zero-order valence-corrected chi connectivity index (χ0v) is 16.3. The highest BCUT2D eigenvalue weighted by Crippen LogP contribution is 2.38. The minimum absolute atomic E-state index is 0.117. The van der Waals surface area contributed by atoms with E-state index in [2.05, 4.69) is 15.0 Å². The first kappa shape index (κ1) is 17.9. The Hall–Kier alpha value is -3.45. The predicted molar refractivity (Wildman–Crippen MR) is 113 cm³/mol. The predicted octanol–water partition coefficient (Wildman–Crippen LogP) is 4.77. The Kier molecular flexibility index (Phi) is 4.67. The number of ketones is 1. The molecule has 3 N–H and O–H groups in total. The number of hydrogen-bond acceptors (Lipinski definition) is 6. The maximum atomic E-state index is 13.1. The number of carbonyl (C=O) groups excluding carboxylic acids is 1. The molecule has 0 aliphatic rings. The van der Waals surface area contributed by atoms with E-state index in [1.165, 1.54) is 11.3 Å². The number of para-hydroxylation sites is 1. The van der Waals surface area contributed by atoms with Crippen LogP contribution >= 0.6 is 11.3 Å². The number of hydrogen-bond donors (Lipinski definition) is 2. The molecule has 0 aliphatic heterocycles. The molecule has 0 atom stereocenters. The van der Waals surface area contributed by atoms with Crippen molar-refractivity contribution in [1.29, 1.82) is 0 Å². The zero-order valence-electron chi connectivity index (χ0n) is 15.5. The SMILES string of the molecule is Cc1ccc(C(=O)c2sc(N(c3ccccc3)c3c[nH]cn3)nc2N)c(C)c1. The van der Waals surface area contributed by atoms with E-state index >= 15 is 0 Å². The quantitative estimate of drug-likeness (QED) is 0.480. The molecule has 0 amide bonds. The number of nitrogens with two attached hydrogens (primary N) is 1. The van der Waals surface area contributed by atoms with Crippen LogP contribution in [0.4, 0.5) is 22.5 Å². The summed E-state index contributed by atoms with van der Waals surface area (Å²) in [4.78, 5) is 27.2. The maximum Gasteiger partial charge on any atom is 0.207 e. The van der Waals surface area contributed by atoms with Gasteiger partial charge in [-0.05, 0) is 31.5 Å². The molecule has 0 aliphatic carbocycles. The van der Waals surface area contributed by atoms with Crippen molar-refractivity contribution in [2.75, 3.05) is 10.6 Å². The zero-order chi connectivity index (χ0) is 19.7. The lowest BCUT2D eigenvalue weighted by molar-refractivity contribution is 0.104.